The molecule has 1 amide bonds. The fraction of sp³-hybridized carbons (Fsp3) is 0.308. The van der Waals surface area contributed by atoms with Gasteiger partial charge in [-0.1, -0.05) is 6.92 Å². The Morgan fingerprint density at radius 1 is 1.47 bits per heavy atom. The molecule has 1 aromatic carbocycles. The second kappa shape index (κ2) is 4.72. The van der Waals surface area contributed by atoms with E-state index < -0.39 is 0 Å². The molecule has 1 aliphatic heterocycles. The maximum absolute atomic E-state index is 12.0. The predicted octanol–water partition coefficient (Wildman–Crippen LogP) is 1.59. The van der Waals surface area contributed by atoms with Crippen LogP contribution in [0.3, 0.4) is 0 Å². The van der Waals surface area contributed by atoms with Gasteiger partial charge in [0.1, 0.15) is 5.82 Å². The number of aromatic nitrogens is 3. The Balaban J connectivity index is 1.75. The van der Waals surface area contributed by atoms with Crippen molar-refractivity contribution >= 4 is 17.3 Å². The second-order valence-electron chi connectivity index (χ2n) is 4.46. The number of fused-ring (bicyclic) bond motifs is 1. The largest absolute Gasteiger partial charge is 0.384 e. The summed E-state index contributed by atoms with van der Waals surface area (Å²) in [7, 11) is 0. The molecule has 6 heteroatoms. The first-order valence-corrected chi connectivity index (χ1v) is 6.35. The van der Waals surface area contributed by atoms with E-state index in [-0.39, 0.29) is 11.7 Å². The molecule has 2 heterocycles. The maximum atomic E-state index is 12.0. The van der Waals surface area contributed by atoms with Crippen LogP contribution in [0.5, 0.6) is 0 Å². The standard InChI is InChI=1S/C13H15N5O/c1-2-11-16-12(18-17-11)13(19)15-9-3-4-10-8(7-9)5-6-14-10/h3-4,7,14H,2,5-6H2,1H3,(H,15,19)(H,16,17,18). The van der Waals surface area contributed by atoms with Crippen LogP contribution in [0.25, 0.3) is 0 Å². The van der Waals surface area contributed by atoms with E-state index in [0.29, 0.717) is 5.82 Å². The van der Waals surface area contributed by atoms with E-state index in [1.165, 1.54) is 5.56 Å². The van der Waals surface area contributed by atoms with Crippen LogP contribution in [0.4, 0.5) is 11.4 Å². The van der Waals surface area contributed by atoms with Gasteiger partial charge in [-0.15, -0.1) is 5.10 Å². The molecule has 2 aromatic rings. The van der Waals surface area contributed by atoms with Gasteiger partial charge in [-0.05, 0) is 30.2 Å². The topological polar surface area (TPSA) is 82.7 Å². The molecule has 98 valence electrons. The summed E-state index contributed by atoms with van der Waals surface area (Å²) in [5.74, 6) is 0.598. The first-order chi connectivity index (χ1) is 9.26. The van der Waals surface area contributed by atoms with Crippen molar-refractivity contribution in [2.75, 3.05) is 17.2 Å². The molecule has 0 saturated heterocycles. The Morgan fingerprint density at radius 2 is 2.37 bits per heavy atom. The van der Waals surface area contributed by atoms with Crippen molar-refractivity contribution in [2.24, 2.45) is 0 Å². The average Bonchev–Trinajstić information content (AvgIpc) is 3.06. The first-order valence-electron chi connectivity index (χ1n) is 6.35. The summed E-state index contributed by atoms with van der Waals surface area (Å²) in [6.07, 6.45) is 1.71. The van der Waals surface area contributed by atoms with Crippen LogP contribution < -0.4 is 10.6 Å². The van der Waals surface area contributed by atoms with Gasteiger partial charge in [-0.2, -0.15) is 0 Å². The summed E-state index contributed by atoms with van der Waals surface area (Å²) in [6.45, 7) is 2.91. The summed E-state index contributed by atoms with van der Waals surface area (Å²) < 4.78 is 0. The number of H-pyrrole nitrogens is 1. The number of nitrogens with zero attached hydrogens (tertiary/aromatic N) is 2. The van der Waals surface area contributed by atoms with Crippen LogP contribution in [-0.2, 0) is 12.8 Å². The summed E-state index contributed by atoms with van der Waals surface area (Å²) in [5.41, 5.74) is 3.14. The Bertz CT molecular complexity index is 619. The maximum Gasteiger partial charge on any atom is 0.295 e. The molecular formula is C13H15N5O. The zero-order valence-corrected chi connectivity index (χ0v) is 10.7. The molecule has 1 aliphatic rings. The zero-order chi connectivity index (χ0) is 13.2. The number of hydrogen-bond donors (Lipinski definition) is 3. The number of aromatic amines is 1. The Hall–Kier alpha value is -2.37. The zero-order valence-electron chi connectivity index (χ0n) is 10.7. The van der Waals surface area contributed by atoms with E-state index in [0.717, 1.165) is 30.8 Å². The van der Waals surface area contributed by atoms with Gasteiger partial charge in [-0.3, -0.25) is 9.89 Å². The van der Waals surface area contributed by atoms with Crippen molar-refractivity contribution in [3.63, 3.8) is 0 Å². The number of nitrogens with one attached hydrogen (secondary N) is 3. The SMILES string of the molecule is CCc1nc(C(=O)Nc2ccc3c(c2)CCN3)n[nH]1. The van der Waals surface area contributed by atoms with Crippen LogP contribution in [0, 0.1) is 0 Å². The number of carbonyl (C=O) groups excluding carboxylic acids is 1. The molecule has 1 aromatic heterocycles. The van der Waals surface area contributed by atoms with Crippen LogP contribution >= 0.6 is 0 Å². The lowest BCUT2D eigenvalue weighted by molar-refractivity contribution is 0.101. The molecule has 3 rings (SSSR count). The van der Waals surface area contributed by atoms with Crippen molar-refractivity contribution in [1.82, 2.24) is 15.2 Å². The monoisotopic (exact) mass is 257 g/mol. The lowest BCUT2D eigenvalue weighted by atomic mass is 10.1. The minimum Gasteiger partial charge on any atom is -0.384 e. The molecule has 0 bridgehead atoms. The lowest BCUT2D eigenvalue weighted by Crippen LogP contribution is -2.14. The van der Waals surface area contributed by atoms with E-state index >= 15 is 0 Å². The summed E-state index contributed by atoms with van der Waals surface area (Å²) in [6, 6.07) is 5.84. The van der Waals surface area contributed by atoms with Gasteiger partial charge < -0.3 is 10.6 Å². The molecular weight excluding hydrogens is 242 g/mol. The van der Waals surface area contributed by atoms with E-state index in [1.807, 2.05) is 25.1 Å². The quantitative estimate of drug-likeness (QED) is 0.779. The van der Waals surface area contributed by atoms with Gasteiger partial charge >= 0.3 is 0 Å². The van der Waals surface area contributed by atoms with E-state index in [1.54, 1.807) is 0 Å². The Labute approximate surface area is 110 Å². The van der Waals surface area contributed by atoms with Gasteiger partial charge in [0.25, 0.3) is 5.91 Å². The third-order valence-electron chi connectivity index (χ3n) is 3.14. The summed E-state index contributed by atoms with van der Waals surface area (Å²) in [5, 5.41) is 12.7. The Morgan fingerprint density at radius 3 is 3.16 bits per heavy atom. The van der Waals surface area contributed by atoms with Gasteiger partial charge in [0.2, 0.25) is 5.82 Å². The summed E-state index contributed by atoms with van der Waals surface area (Å²) in [4.78, 5) is 16.1. The molecule has 0 aliphatic carbocycles. The number of hydrogen-bond acceptors (Lipinski definition) is 4. The molecule has 0 spiro atoms. The number of anilines is 2. The molecule has 0 radical (unpaired) electrons. The van der Waals surface area contributed by atoms with Crippen molar-refractivity contribution in [2.45, 2.75) is 19.8 Å². The number of carbonyl (C=O) groups is 1. The fourth-order valence-corrected chi connectivity index (χ4v) is 2.12. The van der Waals surface area contributed by atoms with E-state index in [2.05, 4.69) is 25.8 Å². The van der Waals surface area contributed by atoms with Crippen molar-refractivity contribution in [3.8, 4) is 0 Å². The first kappa shape index (κ1) is 11.7. The van der Waals surface area contributed by atoms with Crippen molar-refractivity contribution in [1.29, 1.82) is 0 Å². The molecule has 6 nitrogen and oxygen atoms in total. The smallest absolute Gasteiger partial charge is 0.295 e. The van der Waals surface area contributed by atoms with Gasteiger partial charge in [0.05, 0.1) is 0 Å². The van der Waals surface area contributed by atoms with Crippen molar-refractivity contribution in [3.05, 3.63) is 35.4 Å². The molecule has 19 heavy (non-hydrogen) atoms. The number of amides is 1. The minimum absolute atomic E-state index is 0.176. The average molecular weight is 257 g/mol. The van der Waals surface area contributed by atoms with Crippen LogP contribution in [0.1, 0.15) is 28.9 Å². The molecule has 0 saturated carbocycles. The van der Waals surface area contributed by atoms with Crippen LogP contribution in [0.15, 0.2) is 18.2 Å². The summed E-state index contributed by atoms with van der Waals surface area (Å²) >= 11 is 0. The van der Waals surface area contributed by atoms with Crippen LogP contribution in [-0.4, -0.2) is 27.6 Å². The number of aryl methyl sites for hydroxylation is 1. The normalized spacial score (nSPS) is 12.9. The molecule has 0 unspecified atom stereocenters. The number of rotatable bonds is 3. The van der Waals surface area contributed by atoms with Gasteiger partial charge in [-0.25, -0.2) is 4.98 Å². The predicted molar refractivity (Wildman–Crippen MR) is 72.3 cm³/mol. The van der Waals surface area contributed by atoms with Crippen LogP contribution in [0.2, 0.25) is 0 Å². The minimum atomic E-state index is -0.290. The highest BCUT2D eigenvalue weighted by Gasteiger charge is 2.14. The van der Waals surface area contributed by atoms with Gasteiger partial charge in [0.15, 0.2) is 0 Å². The highest BCUT2D eigenvalue weighted by molar-refractivity contribution is 6.01. The molecule has 3 N–H and O–H groups in total. The van der Waals surface area contributed by atoms with E-state index in [4.69, 9.17) is 0 Å². The highest BCUT2D eigenvalue weighted by Crippen LogP contribution is 2.25. The van der Waals surface area contributed by atoms with Gasteiger partial charge in [0, 0.05) is 24.3 Å². The van der Waals surface area contributed by atoms with Crippen molar-refractivity contribution < 1.29 is 4.79 Å². The van der Waals surface area contributed by atoms with E-state index in [9.17, 15) is 4.79 Å². The Kier molecular flexibility index (Phi) is 2.91. The third kappa shape index (κ3) is 2.29. The second-order valence-corrected chi connectivity index (χ2v) is 4.46. The molecule has 0 atom stereocenters. The fourth-order valence-electron chi connectivity index (χ4n) is 2.12. The molecule has 0 fully saturated rings. The lowest BCUT2D eigenvalue weighted by Gasteiger charge is -2.05. The highest BCUT2D eigenvalue weighted by atomic mass is 16.2. The number of benzene rings is 1. The third-order valence-corrected chi connectivity index (χ3v) is 3.14.